The number of para-hydroxylation sites is 2. The van der Waals surface area contributed by atoms with Gasteiger partial charge in [-0.1, -0.05) is 12.1 Å². The molecule has 0 aliphatic heterocycles. The molecule has 5 nitrogen and oxygen atoms in total. The van der Waals surface area contributed by atoms with Crippen LogP contribution in [0.4, 0.5) is 19.1 Å². The smallest absolute Gasteiger partial charge is 0.310 e. The van der Waals surface area contributed by atoms with E-state index in [0.29, 0.717) is 12.5 Å². The number of hydrogen-bond acceptors (Lipinski definition) is 3. The number of rotatable bonds is 3. The molecule has 1 amide bonds. The zero-order valence-electron chi connectivity index (χ0n) is 13.6. The van der Waals surface area contributed by atoms with Crippen LogP contribution >= 0.6 is 0 Å². The van der Waals surface area contributed by atoms with Crippen LogP contribution in [0.2, 0.25) is 0 Å². The highest BCUT2D eigenvalue weighted by atomic mass is 19.4. The highest BCUT2D eigenvalue weighted by Crippen LogP contribution is 2.28. The van der Waals surface area contributed by atoms with Gasteiger partial charge in [0.25, 0.3) is 5.91 Å². The molecule has 1 aromatic carbocycles. The molecule has 0 atom stereocenters. The van der Waals surface area contributed by atoms with E-state index in [1.807, 2.05) is 35.8 Å². The predicted molar refractivity (Wildman–Crippen MR) is 87.3 cm³/mol. The van der Waals surface area contributed by atoms with E-state index in [1.165, 1.54) is 6.92 Å². The Balaban J connectivity index is 1.93. The maximum absolute atomic E-state index is 12.7. The summed E-state index contributed by atoms with van der Waals surface area (Å²) in [5.41, 5.74) is 0.640. The van der Waals surface area contributed by atoms with Crippen molar-refractivity contribution >= 4 is 22.9 Å². The van der Waals surface area contributed by atoms with Crippen LogP contribution in [0, 0.1) is 6.92 Å². The number of carbonyl (C=O) groups excluding carboxylic acids is 1. The standard InChI is InChI=1S/C17H15F3N4O/c1-3-24-13-7-5-4-6-12(13)22-16(24)23-15(25)11-8-9-14(17(18,19)20)21-10(11)2/h4-9H,3H2,1-2H3,(H,22,23,25). The van der Waals surface area contributed by atoms with Gasteiger partial charge >= 0.3 is 6.18 Å². The minimum Gasteiger partial charge on any atom is -0.310 e. The van der Waals surface area contributed by atoms with Crippen LogP contribution in [-0.4, -0.2) is 20.4 Å². The molecule has 130 valence electrons. The van der Waals surface area contributed by atoms with Crippen molar-refractivity contribution in [3.8, 4) is 0 Å². The molecule has 0 unspecified atom stereocenters. The lowest BCUT2D eigenvalue weighted by Gasteiger charge is -2.11. The fourth-order valence-corrected chi connectivity index (χ4v) is 2.62. The first-order chi connectivity index (χ1) is 11.8. The number of fused-ring (bicyclic) bond motifs is 1. The van der Waals surface area contributed by atoms with Crippen LogP contribution < -0.4 is 5.32 Å². The third-order valence-corrected chi connectivity index (χ3v) is 3.82. The van der Waals surface area contributed by atoms with Gasteiger partial charge in [-0.2, -0.15) is 13.2 Å². The molecule has 0 bridgehead atoms. The van der Waals surface area contributed by atoms with Gasteiger partial charge in [0.2, 0.25) is 5.95 Å². The van der Waals surface area contributed by atoms with Gasteiger partial charge in [-0.3, -0.25) is 10.1 Å². The number of benzene rings is 1. The molecule has 0 aliphatic rings. The molecular weight excluding hydrogens is 333 g/mol. The number of carbonyl (C=O) groups is 1. The second kappa shape index (κ2) is 6.19. The van der Waals surface area contributed by atoms with Crippen molar-refractivity contribution in [2.45, 2.75) is 26.6 Å². The van der Waals surface area contributed by atoms with Crippen molar-refractivity contribution in [1.82, 2.24) is 14.5 Å². The topological polar surface area (TPSA) is 59.8 Å². The largest absolute Gasteiger partial charge is 0.433 e. The van der Waals surface area contributed by atoms with E-state index < -0.39 is 17.8 Å². The fraction of sp³-hybridized carbons (Fsp3) is 0.235. The summed E-state index contributed by atoms with van der Waals surface area (Å²) in [7, 11) is 0. The summed E-state index contributed by atoms with van der Waals surface area (Å²) in [6, 6.07) is 9.33. The summed E-state index contributed by atoms with van der Waals surface area (Å²) in [5.74, 6) is -0.211. The Morgan fingerprint density at radius 1 is 1.16 bits per heavy atom. The molecule has 2 heterocycles. The number of aryl methyl sites for hydroxylation is 2. The molecular formula is C17H15F3N4O. The van der Waals surface area contributed by atoms with E-state index >= 15 is 0 Å². The Labute approximate surface area is 141 Å². The zero-order chi connectivity index (χ0) is 18.2. The van der Waals surface area contributed by atoms with Crippen molar-refractivity contribution in [1.29, 1.82) is 0 Å². The second-order valence-corrected chi connectivity index (χ2v) is 5.45. The van der Waals surface area contributed by atoms with Gasteiger partial charge in [-0.15, -0.1) is 0 Å². The van der Waals surface area contributed by atoms with Gasteiger partial charge in [0.05, 0.1) is 22.3 Å². The summed E-state index contributed by atoms with van der Waals surface area (Å²) in [4.78, 5) is 20.3. The minimum atomic E-state index is -4.55. The SMILES string of the molecule is CCn1c(NC(=O)c2ccc(C(F)(F)F)nc2C)nc2ccccc21. The van der Waals surface area contributed by atoms with Crippen molar-refractivity contribution in [2.24, 2.45) is 0 Å². The highest BCUT2D eigenvalue weighted by Gasteiger charge is 2.33. The van der Waals surface area contributed by atoms with Gasteiger partial charge < -0.3 is 4.57 Å². The molecule has 0 saturated carbocycles. The minimum absolute atomic E-state index is 0.00600. The van der Waals surface area contributed by atoms with Crippen molar-refractivity contribution in [3.63, 3.8) is 0 Å². The molecule has 0 fully saturated rings. The molecule has 2 aromatic heterocycles. The summed E-state index contributed by atoms with van der Waals surface area (Å²) in [5, 5.41) is 2.66. The van der Waals surface area contributed by atoms with E-state index in [1.54, 1.807) is 0 Å². The Kier molecular flexibility index (Phi) is 4.20. The number of anilines is 1. The van der Waals surface area contributed by atoms with E-state index in [2.05, 4.69) is 15.3 Å². The summed E-state index contributed by atoms with van der Waals surface area (Å²) >= 11 is 0. The maximum atomic E-state index is 12.7. The van der Waals surface area contributed by atoms with Gasteiger partial charge in [0.15, 0.2) is 0 Å². The molecule has 0 aliphatic carbocycles. The average molecular weight is 348 g/mol. The van der Waals surface area contributed by atoms with E-state index in [9.17, 15) is 18.0 Å². The maximum Gasteiger partial charge on any atom is 0.433 e. The Bertz CT molecular complexity index is 947. The van der Waals surface area contributed by atoms with Gasteiger partial charge in [0.1, 0.15) is 5.69 Å². The number of nitrogens with one attached hydrogen (secondary N) is 1. The molecule has 8 heteroatoms. The number of hydrogen-bond donors (Lipinski definition) is 1. The average Bonchev–Trinajstić information content (AvgIpc) is 2.90. The Morgan fingerprint density at radius 3 is 2.52 bits per heavy atom. The van der Waals surface area contributed by atoms with Crippen LogP contribution in [0.1, 0.15) is 28.7 Å². The van der Waals surface area contributed by atoms with E-state index in [0.717, 1.165) is 23.2 Å². The third-order valence-electron chi connectivity index (χ3n) is 3.82. The number of nitrogens with zero attached hydrogens (tertiary/aromatic N) is 3. The van der Waals surface area contributed by atoms with E-state index in [4.69, 9.17) is 0 Å². The highest BCUT2D eigenvalue weighted by molar-refractivity contribution is 6.04. The van der Waals surface area contributed by atoms with Crippen LogP contribution in [0.25, 0.3) is 11.0 Å². The lowest BCUT2D eigenvalue weighted by Crippen LogP contribution is -2.18. The lowest BCUT2D eigenvalue weighted by atomic mass is 10.1. The second-order valence-electron chi connectivity index (χ2n) is 5.45. The third kappa shape index (κ3) is 3.19. The molecule has 0 spiro atoms. The van der Waals surface area contributed by atoms with E-state index in [-0.39, 0.29) is 11.3 Å². The van der Waals surface area contributed by atoms with Gasteiger partial charge in [0, 0.05) is 6.54 Å². The van der Waals surface area contributed by atoms with Crippen molar-refractivity contribution in [2.75, 3.05) is 5.32 Å². The molecule has 25 heavy (non-hydrogen) atoms. The molecule has 3 aromatic rings. The summed E-state index contributed by atoms with van der Waals surface area (Å²) in [6.07, 6.45) is -4.55. The van der Waals surface area contributed by atoms with Gasteiger partial charge in [-0.25, -0.2) is 9.97 Å². The molecule has 0 saturated heterocycles. The number of pyridine rings is 1. The molecule has 0 radical (unpaired) electrons. The van der Waals surface area contributed by atoms with Crippen molar-refractivity contribution < 1.29 is 18.0 Å². The number of alkyl halides is 3. The predicted octanol–water partition coefficient (Wildman–Crippen LogP) is 4.03. The first-order valence-electron chi connectivity index (χ1n) is 7.62. The zero-order valence-corrected chi connectivity index (χ0v) is 13.6. The molecule has 1 N–H and O–H groups in total. The first kappa shape index (κ1) is 16.9. The summed E-state index contributed by atoms with van der Waals surface area (Å²) < 4.78 is 39.9. The quantitative estimate of drug-likeness (QED) is 0.777. The van der Waals surface area contributed by atoms with Gasteiger partial charge in [-0.05, 0) is 38.1 Å². The van der Waals surface area contributed by atoms with Crippen LogP contribution in [0.5, 0.6) is 0 Å². The Morgan fingerprint density at radius 2 is 1.88 bits per heavy atom. The number of aromatic nitrogens is 3. The number of imidazole rings is 1. The molecule has 3 rings (SSSR count). The van der Waals surface area contributed by atoms with Crippen LogP contribution in [0.3, 0.4) is 0 Å². The van der Waals surface area contributed by atoms with Crippen LogP contribution in [0.15, 0.2) is 36.4 Å². The lowest BCUT2D eigenvalue weighted by molar-refractivity contribution is -0.141. The fourth-order valence-electron chi connectivity index (χ4n) is 2.62. The first-order valence-corrected chi connectivity index (χ1v) is 7.62. The number of amides is 1. The van der Waals surface area contributed by atoms with Crippen molar-refractivity contribution in [3.05, 3.63) is 53.3 Å². The van der Waals surface area contributed by atoms with Crippen LogP contribution in [-0.2, 0) is 12.7 Å². The normalized spacial score (nSPS) is 11.7. The monoisotopic (exact) mass is 348 g/mol. The summed E-state index contributed by atoms with van der Waals surface area (Å²) in [6.45, 7) is 3.86. The number of halogens is 3. The Hall–Kier alpha value is -2.90.